The van der Waals surface area contributed by atoms with E-state index in [0.29, 0.717) is 13.2 Å². The number of methoxy groups -OCH3 is 1. The van der Waals surface area contributed by atoms with Crippen LogP contribution in [0.2, 0.25) is 0 Å². The first kappa shape index (κ1) is 17.2. The summed E-state index contributed by atoms with van der Waals surface area (Å²) in [6, 6.07) is 8.25. The summed E-state index contributed by atoms with van der Waals surface area (Å²) in [5.74, 6) is 1.77. The first-order valence-electron chi connectivity index (χ1n) is 7.83. The first-order valence-corrected chi connectivity index (χ1v) is 9.63. The van der Waals surface area contributed by atoms with Crippen LogP contribution in [0.25, 0.3) is 21.3 Å². The zero-order valence-electron chi connectivity index (χ0n) is 14.0. The molecule has 1 aromatic carbocycles. The molecule has 126 valence electrons. The van der Waals surface area contributed by atoms with E-state index >= 15 is 0 Å². The van der Waals surface area contributed by atoms with Gasteiger partial charge in [-0.3, -0.25) is 0 Å². The van der Waals surface area contributed by atoms with Crippen molar-refractivity contribution < 1.29 is 9.47 Å². The predicted molar refractivity (Wildman–Crippen MR) is 101 cm³/mol. The predicted octanol–water partition coefficient (Wildman–Crippen LogP) is 4.80. The van der Waals surface area contributed by atoms with Crippen molar-refractivity contribution in [1.29, 1.82) is 0 Å². The first-order chi connectivity index (χ1) is 11.7. The minimum atomic E-state index is 0.674. The van der Waals surface area contributed by atoms with Gasteiger partial charge in [0.2, 0.25) is 0 Å². The van der Waals surface area contributed by atoms with E-state index < -0.39 is 0 Å². The molecule has 4 nitrogen and oxygen atoms in total. The molecule has 0 amide bonds. The maximum atomic E-state index is 5.55. The molecule has 0 N–H and O–H groups in total. The van der Waals surface area contributed by atoms with Crippen LogP contribution in [0.4, 0.5) is 0 Å². The van der Waals surface area contributed by atoms with Gasteiger partial charge in [-0.15, -0.1) is 23.1 Å². The molecule has 0 fully saturated rings. The molecular formula is C18H20N2O2S2. The Labute approximate surface area is 150 Å². The van der Waals surface area contributed by atoms with Crippen molar-refractivity contribution in [2.24, 2.45) is 0 Å². The number of aromatic nitrogens is 2. The summed E-state index contributed by atoms with van der Waals surface area (Å²) >= 11 is 3.43. The Morgan fingerprint density at radius 2 is 1.96 bits per heavy atom. The summed E-state index contributed by atoms with van der Waals surface area (Å²) < 4.78 is 10.7. The smallest absolute Gasteiger partial charge is 0.128 e. The molecule has 0 spiro atoms. The fourth-order valence-corrected chi connectivity index (χ4v) is 4.57. The Kier molecular flexibility index (Phi) is 5.71. The molecule has 0 radical (unpaired) electrons. The van der Waals surface area contributed by atoms with E-state index in [-0.39, 0.29) is 0 Å². The lowest BCUT2D eigenvalue weighted by atomic mass is 10.0. The second-order valence-electron chi connectivity index (χ2n) is 5.19. The molecule has 6 heteroatoms. The fraction of sp³-hybridized carbons (Fsp3) is 0.333. The van der Waals surface area contributed by atoms with Gasteiger partial charge in [-0.25, -0.2) is 9.97 Å². The SMILES string of the molecule is CCOc1ccc(-c2c(C)sc3ncnc(SCCOC)c23)cc1. The van der Waals surface area contributed by atoms with Crippen LogP contribution in [-0.4, -0.2) is 36.0 Å². The Bertz CT molecular complexity index is 816. The molecule has 0 aliphatic carbocycles. The normalized spacial score (nSPS) is 11.1. The lowest BCUT2D eigenvalue weighted by Crippen LogP contribution is -1.94. The van der Waals surface area contributed by atoms with E-state index in [0.717, 1.165) is 26.7 Å². The van der Waals surface area contributed by atoms with Gasteiger partial charge in [-0.1, -0.05) is 12.1 Å². The zero-order valence-corrected chi connectivity index (χ0v) is 15.7. The molecule has 3 aromatic rings. The molecule has 3 rings (SSSR count). The van der Waals surface area contributed by atoms with Gasteiger partial charge in [0.1, 0.15) is 21.9 Å². The van der Waals surface area contributed by atoms with Crippen LogP contribution >= 0.6 is 23.1 Å². The molecule has 0 saturated heterocycles. The van der Waals surface area contributed by atoms with Crippen molar-refractivity contribution in [1.82, 2.24) is 9.97 Å². The summed E-state index contributed by atoms with van der Waals surface area (Å²) in [6.07, 6.45) is 1.65. The highest BCUT2D eigenvalue weighted by molar-refractivity contribution is 7.99. The van der Waals surface area contributed by atoms with Crippen LogP contribution < -0.4 is 4.74 Å². The van der Waals surface area contributed by atoms with E-state index in [1.807, 2.05) is 19.1 Å². The number of aryl methyl sites for hydroxylation is 1. The van der Waals surface area contributed by atoms with Gasteiger partial charge >= 0.3 is 0 Å². The lowest BCUT2D eigenvalue weighted by molar-refractivity contribution is 0.218. The highest BCUT2D eigenvalue weighted by Gasteiger charge is 2.17. The second-order valence-corrected chi connectivity index (χ2v) is 7.48. The molecular weight excluding hydrogens is 340 g/mol. The number of thiophene rings is 1. The molecule has 0 saturated carbocycles. The number of hydrogen-bond acceptors (Lipinski definition) is 6. The van der Waals surface area contributed by atoms with E-state index in [9.17, 15) is 0 Å². The molecule has 0 bridgehead atoms. The van der Waals surface area contributed by atoms with Gasteiger partial charge in [0, 0.05) is 23.3 Å². The van der Waals surface area contributed by atoms with Crippen molar-refractivity contribution in [2.45, 2.75) is 18.9 Å². The zero-order chi connectivity index (χ0) is 16.9. The third-order valence-electron chi connectivity index (χ3n) is 3.61. The Morgan fingerprint density at radius 1 is 1.17 bits per heavy atom. The minimum Gasteiger partial charge on any atom is -0.494 e. The number of benzene rings is 1. The Morgan fingerprint density at radius 3 is 2.67 bits per heavy atom. The number of rotatable bonds is 7. The number of hydrogen-bond donors (Lipinski definition) is 0. The lowest BCUT2D eigenvalue weighted by Gasteiger charge is -2.08. The maximum absolute atomic E-state index is 5.55. The molecule has 24 heavy (non-hydrogen) atoms. The van der Waals surface area contributed by atoms with E-state index in [2.05, 4.69) is 29.0 Å². The average Bonchev–Trinajstić information content (AvgIpc) is 2.93. The summed E-state index contributed by atoms with van der Waals surface area (Å²) in [5.41, 5.74) is 2.39. The number of fused-ring (bicyclic) bond motifs is 1. The second kappa shape index (κ2) is 7.96. The Balaban J connectivity index is 2.04. The standard InChI is InChI=1S/C18H20N2O2S2/c1-4-22-14-7-5-13(6-8-14)15-12(2)24-18-16(15)17(19-11-20-18)23-10-9-21-3/h5-8,11H,4,9-10H2,1-3H3. The van der Waals surface area contributed by atoms with Crippen LogP contribution in [0, 0.1) is 6.92 Å². The van der Waals surface area contributed by atoms with Gasteiger partial charge in [-0.2, -0.15) is 0 Å². The third-order valence-corrected chi connectivity index (χ3v) is 5.58. The monoisotopic (exact) mass is 360 g/mol. The van der Waals surface area contributed by atoms with Gasteiger partial charge in [0.25, 0.3) is 0 Å². The highest BCUT2D eigenvalue weighted by atomic mass is 32.2. The molecule has 2 aromatic heterocycles. The van der Waals surface area contributed by atoms with Crippen molar-refractivity contribution in [3.63, 3.8) is 0 Å². The largest absolute Gasteiger partial charge is 0.494 e. The molecule has 0 aliphatic rings. The number of thioether (sulfide) groups is 1. The molecule has 2 heterocycles. The maximum Gasteiger partial charge on any atom is 0.128 e. The van der Waals surface area contributed by atoms with Gasteiger partial charge in [-0.05, 0) is 31.5 Å². The number of nitrogens with zero attached hydrogens (tertiary/aromatic N) is 2. The van der Waals surface area contributed by atoms with Crippen LogP contribution in [0.1, 0.15) is 11.8 Å². The van der Waals surface area contributed by atoms with Crippen molar-refractivity contribution in [3.05, 3.63) is 35.5 Å². The molecule has 0 aliphatic heterocycles. The quantitative estimate of drug-likeness (QED) is 0.344. The van der Waals surface area contributed by atoms with E-state index in [4.69, 9.17) is 9.47 Å². The van der Waals surface area contributed by atoms with E-state index in [1.54, 1.807) is 36.5 Å². The van der Waals surface area contributed by atoms with Gasteiger partial charge in [0.05, 0.1) is 18.6 Å². The molecule has 0 atom stereocenters. The highest BCUT2D eigenvalue weighted by Crippen LogP contribution is 2.41. The summed E-state index contributed by atoms with van der Waals surface area (Å²) in [4.78, 5) is 11.3. The fourth-order valence-electron chi connectivity index (χ4n) is 2.58. The molecule has 0 unspecified atom stereocenters. The van der Waals surface area contributed by atoms with Crippen molar-refractivity contribution >= 4 is 33.3 Å². The minimum absolute atomic E-state index is 0.674. The van der Waals surface area contributed by atoms with E-state index in [1.165, 1.54) is 16.0 Å². The van der Waals surface area contributed by atoms with Crippen LogP contribution in [-0.2, 0) is 4.74 Å². The van der Waals surface area contributed by atoms with Crippen molar-refractivity contribution in [2.75, 3.05) is 26.1 Å². The van der Waals surface area contributed by atoms with Crippen LogP contribution in [0.3, 0.4) is 0 Å². The Hall–Kier alpha value is -1.63. The number of ether oxygens (including phenoxy) is 2. The van der Waals surface area contributed by atoms with Crippen molar-refractivity contribution in [3.8, 4) is 16.9 Å². The van der Waals surface area contributed by atoms with Gasteiger partial charge in [0.15, 0.2) is 0 Å². The summed E-state index contributed by atoms with van der Waals surface area (Å²) in [6.45, 7) is 5.51. The average molecular weight is 361 g/mol. The van der Waals surface area contributed by atoms with Gasteiger partial charge < -0.3 is 9.47 Å². The summed E-state index contributed by atoms with van der Waals surface area (Å²) in [5, 5.41) is 2.16. The topological polar surface area (TPSA) is 44.2 Å². The van der Waals surface area contributed by atoms with Crippen LogP contribution in [0.15, 0.2) is 35.6 Å². The van der Waals surface area contributed by atoms with Crippen LogP contribution in [0.5, 0.6) is 5.75 Å². The summed E-state index contributed by atoms with van der Waals surface area (Å²) in [7, 11) is 1.72. The third kappa shape index (κ3) is 3.55.